The van der Waals surface area contributed by atoms with Crippen LogP contribution >= 0.6 is 0 Å². The van der Waals surface area contributed by atoms with Crippen molar-refractivity contribution in [2.75, 3.05) is 0 Å². The average molecular weight is 298 g/mol. The standard InChI is InChI=1S/C16H33.3CH3.Al/c1-3-5-7-9-11-13-15-16-14-12-10-8-6-4-2;;;;/h1,3-16H2,2H3;3*1H3;. The summed E-state index contributed by atoms with van der Waals surface area (Å²) in [5, 5.41) is 0. The topological polar surface area (TPSA) is 0 Å². The van der Waals surface area contributed by atoms with Crippen molar-refractivity contribution in [1.82, 2.24) is 0 Å². The lowest BCUT2D eigenvalue weighted by molar-refractivity contribution is 0.540. The van der Waals surface area contributed by atoms with Gasteiger partial charge in [0.05, 0.1) is 0 Å². The summed E-state index contributed by atoms with van der Waals surface area (Å²) in [6.45, 7) is 6.16. The first kappa shape index (κ1) is 22.8. The van der Waals surface area contributed by atoms with Crippen molar-refractivity contribution in [3.63, 3.8) is 0 Å². The van der Waals surface area contributed by atoms with Crippen LogP contribution in [0.5, 0.6) is 0 Å². The molecule has 20 heavy (non-hydrogen) atoms. The van der Waals surface area contributed by atoms with Crippen molar-refractivity contribution < 1.29 is 0 Å². The van der Waals surface area contributed by atoms with Gasteiger partial charge in [-0.3, -0.25) is 0 Å². The maximum atomic E-state index is 3.87. The molecule has 0 N–H and O–H groups in total. The van der Waals surface area contributed by atoms with Crippen LogP contribution in [-0.4, -0.2) is 14.1 Å². The first-order valence-electron chi connectivity index (χ1n) is 9.44. The first-order valence-corrected chi connectivity index (χ1v) is 12.9. The number of hydrogen-bond donors (Lipinski definition) is 0. The maximum Gasteiger partial charge on any atom is 0.251 e. The third-order valence-electron chi connectivity index (χ3n) is 3.35. The molecule has 0 aliphatic rings. The molecule has 0 bridgehead atoms. The smallest absolute Gasteiger partial charge is 0.106 e. The van der Waals surface area contributed by atoms with Gasteiger partial charge in [-0.2, -0.15) is 0 Å². The zero-order valence-corrected chi connectivity index (χ0v) is 16.3. The molecule has 0 saturated heterocycles. The Morgan fingerprint density at radius 2 is 0.800 bits per heavy atom. The largest absolute Gasteiger partial charge is 0.251 e. The number of rotatable bonds is 13. The van der Waals surface area contributed by atoms with Crippen LogP contribution in [-0.2, 0) is 0 Å². The summed E-state index contributed by atoms with van der Waals surface area (Å²) in [7, 11) is 0. The Morgan fingerprint density at radius 3 is 1.05 bits per heavy atom. The molecule has 121 valence electrons. The molecule has 0 aromatic heterocycles. The molecule has 0 aliphatic heterocycles. The van der Waals surface area contributed by atoms with Gasteiger partial charge in [-0.15, -0.1) is 17.4 Å². The molecule has 0 saturated carbocycles. The lowest BCUT2D eigenvalue weighted by Crippen LogP contribution is -1.84. The SMILES string of the molecule is [CH2]CCCCCCCCCCCCCCC.[CH3][Al]([CH3])[CH3]. The van der Waals surface area contributed by atoms with Crippen LogP contribution in [0.3, 0.4) is 0 Å². The van der Waals surface area contributed by atoms with E-state index in [1.54, 1.807) is 0 Å². The van der Waals surface area contributed by atoms with E-state index < -0.39 is 0 Å². The number of hydrogen-bond acceptors (Lipinski definition) is 0. The Bertz CT molecular complexity index is 126. The molecule has 0 aliphatic carbocycles. The molecule has 0 heterocycles. The fourth-order valence-corrected chi connectivity index (χ4v) is 2.19. The second kappa shape index (κ2) is 21.8. The minimum Gasteiger partial charge on any atom is -0.106 e. The fourth-order valence-electron chi connectivity index (χ4n) is 2.19. The molecule has 0 amide bonds. The maximum absolute atomic E-state index is 3.87. The average Bonchev–Trinajstić information content (AvgIpc) is 2.39. The Balaban J connectivity index is 0. The van der Waals surface area contributed by atoms with Gasteiger partial charge in [0, 0.05) is 0 Å². The summed E-state index contributed by atoms with van der Waals surface area (Å²) in [6.07, 6.45) is 19.8. The van der Waals surface area contributed by atoms with Crippen molar-refractivity contribution in [3.05, 3.63) is 6.92 Å². The highest BCUT2D eigenvalue weighted by molar-refractivity contribution is 6.54. The molecule has 1 heteroatoms. The molecule has 0 atom stereocenters. The van der Waals surface area contributed by atoms with E-state index >= 15 is 0 Å². The molecule has 0 unspecified atom stereocenters. The van der Waals surface area contributed by atoms with Gasteiger partial charge in [-0.05, 0) is 0 Å². The van der Waals surface area contributed by atoms with E-state index in [0.717, 1.165) is 6.42 Å². The third kappa shape index (κ3) is 31.1. The van der Waals surface area contributed by atoms with E-state index in [1.165, 1.54) is 83.5 Å². The molecular weight excluding hydrogens is 255 g/mol. The predicted molar refractivity (Wildman–Crippen MR) is 99.0 cm³/mol. The molecule has 0 rings (SSSR count). The third-order valence-corrected chi connectivity index (χ3v) is 3.35. The lowest BCUT2D eigenvalue weighted by atomic mass is 10.0. The summed E-state index contributed by atoms with van der Waals surface area (Å²) in [6, 6.07) is 0. The zero-order chi connectivity index (χ0) is 15.5. The summed E-state index contributed by atoms with van der Waals surface area (Å²) in [4.78, 5) is 0. The van der Waals surface area contributed by atoms with Gasteiger partial charge in [0.25, 0.3) is 14.1 Å². The highest BCUT2D eigenvalue weighted by Gasteiger charge is 1.92. The van der Waals surface area contributed by atoms with E-state index in [2.05, 4.69) is 31.2 Å². The van der Waals surface area contributed by atoms with Crippen LogP contribution in [0.2, 0.25) is 17.4 Å². The lowest BCUT2D eigenvalue weighted by Gasteiger charge is -2.02. The highest BCUT2D eigenvalue weighted by atomic mass is 27.2. The Hall–Kier alpha value is 0.532. The fraction of sp³-hybridized carbons (Fsp3) is 0.947. The van der Waals surface area contributed by atoms with Crippen molar-refractivity contribution in [3.8, 4) is 0 Å². The van der Waals surface area contributed by atoms with E-state index in [0.29, 0.717) is 0 Å². The van der Waals surface area contributed by atoms with Crippen molar-refractivity contribution in [1.29, 1.82) is 0 Å². The van der Waals surface area contributed by atoms with Gasteiger partial charge in [-0.1, -0.05) is 104 Å². The van der Waals surface area contributed by atoms with Gasteiger partial charge in [-0.25, -0.2) is 0 Å². The molecule has 0 aromatic rings. The van der Waals surface area contributed by atoms with Crippen LogP contribution in [0, 0.1) is 6.92 Å². The first-order chi connectivity index (χ1) is 9.65. The summed E-state index contributed by atoms with van der Waals surface area (Å²) < 4.78 is 0. The van der Waals surface area contributed by atoms with Crippen molar-refractivity contribution in [2.24, 2.45) is 0 Å². The second-order valence-corrected chi connectivity index (χ2v) is 10.3. The predicted octanol–water partition coefficient (Wildman–Crippen LogP) is 7.67. The summed E-state index contributed by atoms with van der Waals surface area (Å²) >= 11 is -0.139. The molecular formula is C19H42Al. The van der Waals surface area contributed by atoms with Crippen LogP contribution < -0.4 is 0 Å². The van der Waals surface area contributed by atoms with E-state index in [4.69, 9.17) is 0 Å². The van der Waals surface area contributed by atoms with Crippen LogP contribution in [0.4, 0.5) is 0 Å². The number of unbranched alkanes of at least 4 members (excludes halogenated alkanes) is 13. The van der Waals surface area contributed by atoms with E-state index in [-0.39, 0.29) is 14.1 Å². The van der Waals surface area contributed by atoms with Crippen LogP contribution in [0.1, 0.15) is 96.8 Å². The minimum absolute atomic E-state index is 0.139. The minimum atomic E-state index is -0.139. The quantitative estimate of drug-likeness (QED) is 0.241. The van der Waals surface area contributed by atoms with Crippen molar-refractivity contribution in [2.45, 2.75) is 114 Å². The van der Waals surface area contributed by atoms with Crippen molar-refractivity contribution >= 4 is 14.1 Å². The molecule has 0 spiro atoms. The Morgan fingerprint density at radius 1 is 0.550 bits per heavy atom. The molecule has 0 aromatic carbocycles. The molecule has 0 fully saturated rings. The monoisotopic (exact) mass is 297 g/mol. The highest BCUT2D eigenvalue weighted by Crippen LogP contribution is 2.12. The van der Waals surface area contributed by atoms with E-state index in [1.807, 2.05) is 0 Å². The van der Waals surface area contributed by atoms with Gasteiger partial charge in [0.1, 0.15) is 0 Å². The molecule has 0 nitrogen and oxygen atoms in total. The Kier molecular flexibility index (Phi) is 24.9. The molecule has 1 radical (unpaired) electrons. The van der Waals surface area contributed by atoms with Gasteiger partial charge < -0.3 is 0 Å². The Labute approximate surface area is 135 Å². The summed E-state index contributed by atoms with van der Waals surface area (Å²) in [5.74, 6) is 6.92. The van der Waals surface area contributed by atoms with Gasteiger partial charge >= 0.3 is 0 Å². The van der Waals surface area contributed by atoms with Gasteiger partial charge in [0.15, 0.2) is 0 Å². The van der Waals surface area contributed by atoms with Crippen LogP contribution in [0.15, 0.2) is 0 Å². The normalized spacial score (nSPS) is 10.1. The summed E-state index contributed by atoms with van der Waals surface area (Å²) in [5.41, 5.74) is 0. The zero-order valence-electron chi connectivity index (χ0n) is 15.2. The van der Waals surface area contributed by atoms with Crippen LogP contribution in [0.25, 0.3) is 0 Å². The van der Waals surface area contributed by atoms with Gasteiger partial charge in [0.2, 0.25) is 0 Å². The van der Waals surface area contributed by atoms with E-state index in [9.17, 15) is 0 Å². The second-order valence-electron chi connectivity index (χ2n) is 6.83.